The summed E-state index contributed by atoms with van der Waals surface area (Å²) in [4.78, 5) is 27.3. The lowest BCUT2D eigenvalue weighted by molar-refractivity contribution is -0.138. The van der Waals surface area contributed by atoms with Crippen molar-refractivity contribution in [2.75, 3.05) is 11.9 Å². The van der Waals surface area contributed by atoms with Gasteiger partial charge in [0.1, 0.15) is 11.4 Å². The van der Waals surface area contributed by atoms with Crippen molar-refractivity contribution in [2.45, 2.75) is 33.7 Å². The molecule has 0 atom stereocenters. The van der Waals surface area contributed by atoms with E-state index in [1.54, 1.807) is 0 Å². The van der Waals surface area contributed by atoms with Gasteiger partial charge in [0.15, 0.2) is 0 Å². The molecule has 0 unspecified atom stereocenters. The van der Waals surface area contributed by atoms with Crippen LogP contribution >= 0.6 is 0 Å². The monoisotopic (exact) mass is 378 g/mol. The number of carbonyl (C=O) groups excluding carboxylic acids is 2. The molecule has 1 N–H and O–H groups in total. The molecule has 2 amide bonds. The molecule has 0 fully saturated rings. The van der Waals surface area contributed by atoms with Gasteiger partial charge in [-0.1, -0.05) is 44.2 Å². The third-order valence-corrected chi connectivity index (χ3v) is 4.40. The Morgan fingerprint density at radius 3 is 2.11 bits per heavy atom. The van der Waals surface area contributed by atoms with Crippen LogP contribution in [0.1, 0.15) is 33.3 Å². The van der Waals surface area contributed by atoms with E-state index in [-0.39, 0.29) is 17.9 Å². The number of imide groups is 1. The van der Waals surface area contributed by atoms with Crippen LogP contribution in [0.5, 0.6) is 5.75 Å². The lowest BCUT2D eigenvalue weighted by Gasteiger charge is -2.19. The first-order chi connectivity index (χ1) is 13.4. The average Bonchev–Trinajstić information content (AvgIpc) is 2.91. The minimum Gasteiger partial charge on any atom is -0.493 e. The number of nitrogens with zero attached hydrogens (tertiary/aromatic N) is 1. The second-order valence-electron chi connectivity index (χ2n) is 7.54. The number of ether oxygens (including phenoxy) is 1. The molecule has 5 nitrogen and oxygen atoms in total. The Balaban J connectivity index is 1.97. The highest BCUT2D eigenvalue weighted by molar-refractivity contribution is 6.36. The molecule has 0 radical (unpaired) electrons. The third-order valence-electron chi connectivity index (χ3n) is 4.40. The molecule has 5 heteroatoms. The standard InChI is InChI=1S/C23H26N2O3/c1-15(2)14-28-19-12-10-17(11-13-19)20-21(24-18-8-6-5-7-9-18)23(27)25(16(3)4)22(20)26/h5-13,15-16,24H,14H2,1-4H3. The van der Waals surface area contributed by atoms with E-state index in [9.17, 15) is 9.59 Å². The molecular formula is C23H26N2O3. The van der Waals surface area contributed by atoms with E-state index >= 15 is 0 Å². The Labute approximate surface area is 166 Å². The summed E-state index contributed by atoms with van der Waals surface area (Å²) in [6, 6.07) is 16.5. The zero-order chi connectivity index (χ0) is 20.3. The maximum Gasteiger partial charge on any atom is 0.278 e. The fourth-order valence-electron chi connectivity index (χ4n) is 3.05. The van der Waals surface area contributed by atoms with E-state index in [0.717, 1.165) is 11.4 Å². The van der Waals surface area contributed by atoms with Crippen LogP contribution in [0.3, 0.4) is 0 Å². The van der Waals surface area contributed by atoms with Crippen molar-refractivity contribution in [3.63, 3.8) is 0 Å². The lowest BCUT2D eigenvalue weighted by Crippen LogP contribution is -2.38. The number of rotatable bonds is 7. The van der Waals surface area contributed by atoms with Crippen LogP contribution in [-0.2, 0) is 9.59 Å². The molecule has 1 aliphatic rings. The second-order valence-corrected chi connectivity index (χ2v) is 7.54. The van der Waals surface area contributed by atoms with Crippen LogP contribution in [0.25, 0.3) is 5.57 Å². The molecule has 28 heavy (non-hydrogen) atoms. The molecule has 0 aliphatic carbocycles. The molecule has 0 bridgehead atoms. The van der Waals surface area contributed by atoms with Crippen LogP contribution in [0.4, 0.5) is 5.69 Å². The molecule has 0 aromatic heterocycles. The van der Waals surface area contributed by atoms with E-state index < -0.39 is 0 Å². The summed E-state index contributed by atoms with van der Waals surface area (Å²) in [5, 5.41) is 3.15. The Hall–Kier alpha value is -3.08. The SMILES string of the molecule is CC(C)COc1ccc(C2=C(Nc3ccccc3)C(=O)N(C(C)C)C2=O)cc1. The highest BCUT2D eigenvalue weighted by Crippen LogP contribution is 2.32. The predicted molar refractivity (Wildman–Crippen MR) is 111 cm³/mol. The summed E-state index contributed by atoms with van der Waals surface area (Å²) >= 11 is 0. The van der Waals surface area contributed by atoms with Crippen LogP contribution in [0.15, 0.2) is 60.3 Å². The van der Waals surface area contributed by atoms with Gasteiger partial charge >= 0.3 is 0 Å². The third kappa shape index (κ3) is 4.09. The van der Waals surface area contributed by atoms with Gasteiger partial charge < -0.3 is 10.1 Å². The minimum absolute atomic E-state index is 0.223. The molecule has 1 heterocycles. The summed E-state index contributed by atoms with van der Waals surface area (Å²) in [6.45, 7) is 8.47. The van der Waals surface area contributed by atoms with Crippen molar-refractivity contribution in [3.8, 4) is 5.75 Å². The highest BCUT2D eigenvalue weighted by atomic mass is 16.5. The molecule has 3 rings (SSSR count). The van der Waals surface area contributed by atoms with Crippen LogP contribution < -0.4 is 10.1 Å². The van der Waals surface area contributed by atoms with Crippen molar-refractivity contribution < 1.29 is 14.3 Å². The van der Waals surface area contributed by atoms with Crippen LogP contribution in [0.2, 0.25) is 0 Å². The topological polar surface area (TPSA) is 58.6 Å². The van der Waals surface area contributed by atoms with Gasteiger partial charge in [-0.3, -0.25) is 14.5 Å². The maximum atomic E-state index is 13.0. The Kier molecular flexibility index (Phi) is 5.83. The van der Waals surface area contributed by atoms with Crippen LogP contribution in [-0.4, -0.2) is 29.4 Å². The Morgan fingerprint density at radius 1 is 0.893 bits per heavy atom. The molecular weight excluding hydrogens is 352 g/mol. The van der Waals surface area contributed by atoms with Gasteiger partial charge in [0, 0.05) is 11.7 Å². The van der Waals surface area contributed by atoms with Gasteiger partial charge in [-0.05, 0) is 49.6 Å². The fourth-order valence-corrected chi connectivity index (χ4v) is 3.05. The number of benzene rings is 2. The number of hydrogen-bond acceptors (Lipinski definition) is 4. The summed E-state index contributed by atoms with van der Waals surface area (Å²) in [6.07, 6.45) is 0. The normalized spacial score (nSPS) is 14.4. The van der Waals surface area contributed by atoms with E-state index in [0.29, 0.717) is 29.4 Å². The minimum atomic E-state index is -0.306. The zero-order valence-corrected chi connectivity index (χ0v) is 16.7. The van der Waals surface area contributed by atoms with Gasteiger partial charge in [0.25, 0.3) is 11.8 Å². The first kappa shape index (κ1) is 19.7. The molecule has 0 spiro atoms. The molecule has 1 aliphatic heterocycles. The quantitative estimate of drug-likeness (QED) is 0.729. The lowest BCUT2D eigenvalue weighted by atomic mass is 10.0. The number of anilines is 1. The van der Waals surface area contributed by atoms with Gasteiger partial charge in [0.05, 0.1) is 12.2 Å². The summed E-state index contributed by atoms with van der Waals surface area (Å²) in [5.74, 6) is 0.582. The maximum absolute atomic E-state index is 13.0. The van der Waals surface area contributed by atoms with Gasteiger partial charge in [-0.25, -0.2) is 0 Å². The first-order valence-corrected chi connectivity index (χ1v) is 9.56. The van der Waals surface area contributed by atoms with Gasteiger partial charge in [-0.15, -0.1) is 0 Å². The van der Waals surface area contributed by atoms with E-state index in [4.69, 9.17) is 4.74 Å². The van der Waals surface area contributed by atoms with Crippen molar-refractivity contribution in [2.24, 2.45) is 5.92 Å². The van der Waals surface area contributed by atoms with Crippen molar-refractivity contribution in [1.29, 1.82) is 0 Å². The fraction of sp³-hybridized carbons (Fsp3) is 0.304. The second kappa shape index (κ2) is 8.30. The first-order valence-electron chi connectivity index (χ1n) is 9.56. The summed E-state index contributed by atoms with van der Waals surface area (Å²) in [7, 11) is 0. The predicted octanol–water partition coefficient (Wildman–Crippen LogP) is 4.32. The Bertz CT molecular complexity index is 884. The van der Waals surface area contributed by atoms with E-state index in [2.05, 4.69) is 19.2 Å². The molecule has 0 saturated heterocycles. The number of carbonyl (C=O) groups is 2. The van der Waals surface area contributed by atoms with Gasteiger partial charge in [0.2, 0.25) is 0 Å². The Morgan fingerprint density at radius 2 is 1.54 bits per heavy atom. The molecule has 0 saturated carbocycles. The van der Waals surface area contributed by atoms with Crippen LogP contribution in [0, 0.1) is 5.92 Å². The molecule has 146 valence electrons. The number of nitrogens with one attached hydrogen (secondary N) is 1. The van der Waals surface area contributed by atoms with E-state index in [1.165, 1.54) is 4.90 Å². The summed E-state index contributed by atoms with van der Waals surface area (Å²) < 4.78 is 5.72. The highest BCUT2D eigenvalue weighted by Gasteiger charge is 2.40. The van der Waals surface area contributed by atoms with Crippen molar-refractivity contribution >= 4 is 23.1 Å². The smallest absolute Gasteiger partial charge is 0.278 e. The van der Waals surface area contributed by atoms with Crippen molar-refractivity contribution in [3.05, 3.63) is 65.9 Å². The number of para-hydroxylation sites is 1. The largest absolute Gasteiger partial charge is 0.493 e. The average molecular weight is 378 g/mol. The number of hydrogen-bond donors (Lipinski definition) is 1. The van der Waals surface area contributed by atoms with Gasteiger partial charge in [-0.2, -0.15) is 0 Å². The van der Waals surface area contributed by atoms with E-state index in [1.807, 2.05) is 68.4 Å². The number of amides is 2. The zero-order valence-electron chi connectivity index (χ0n) is 16.7. The summed E-state index contributed by atoms with van der Waals surface area (Å²) in [5.41, 5.74) is 2.15. The molecule has 2 aromatic carbocycles. The molecule has 2 aromatic rings. The van der Waals surface area contributed by atoms with Crippen molar-refractivity contribution in [1.82, 2.24) is 4.90 Å².